The van der Waals surface area contributed by atoms with Crippen LogP contribution in [0.3, 0.4) is 0 Å². The molecule has 0 aromatic heterocycles. The lowest BCUT2D eigenvalue weighted by Crippen LogP contribution is -2.54. The second kappa shape index (κ2) is 6.63. The summed E-state index contributed by atoms with van der Waals surface area (Å²) in [7, 11) is 0. The zero-order chi connectivity index (χ0) is 19.4. The lowest BCUT2D eigenvalue weighted by molar-refractivity contribution is -0.158. The molecule has 0 unspecified atom stereocenters. The highest BCUT2D eigenvalue weighted by atomic mass is 16.5. The quantitative estimate of drug-likeness (QED) is 0.307. The molecule has 0 aromatic rings. The van der Waals surface area contributed by atoms with Crippen molar-refractivity contribution in [1.82, 2.24) is 0 Å². The number of carbonyl (C=O) groups excluding carboxylic acids is 1. The fourth-order valence-corrected chi connectivity index (χ4v) is 7.74. The Bertz CT molecular complexity index is 683. The Hall–Kier alpha value is -1.32. The summed E-state index contributed by atoms with van der Waals surface area (Å²) in [5.41, 5.74) is 2.67. The molecule has 0 aromatic carbocycles. The Kier molecular flexibility index (Phi) is 4.67. The van der Waals surface area contributed by atoms with Crippen molar-refractivity contribution in [2.45, 2.75) is 85.2 Å². The molecule has 0 spiro atoms. The smallest absolute Gasteiger partial charge is 0.302 e. The first-order valence-corrected chi connectivity index (χ1v) is 10.9. The number of hydrogen-bond donors (Lipinski definition) is 1. The van der Waals surface area contributed by atoms with Gasteiger partial charge in [0.05, 0.1) is 5.71 Å². The number of allylic oxidation sites excluding steroid dienone is 2. The van der Waals surface area contributed by atoms with Crippen molar-refractivity contribution < 1.29 is 14.7 Å². The summed E-state index contributed by atoms with van der Waals surface area (Å²) >= 11 is 0. The number of ether oxygens (including phenoxy) is 1. The standard InChI is InChI=1S/C23H35NO3/c1-14(24-26)19-7-8-20-18-6-5-16-13-17(27-15(2)25)9-11-22(16,3)21(18)10-12-23(19,20)4/h7,16-18,20-21,26H,5-6,8-13H2,1-4H3/b24-14-/t16-,17-,18+,20-,21+,22-,23+/m0/s1. The predicted octanol–water partition coefficient (Wildman–Crippen LogP) is 5.35. The SMILES string of the molecule is CC(=O)O[C@H]1CC[C@@]2(C)[C@@H](CC[C@H]3[C@H]2CC[C@]2(C)C(/C(C)=N\O)=CC[C@@H]32)C1. The second-order valence-electron chi connectivity index (χ2n) is 10.2. The molecule has 0 amide bonds. The highest BCUT2D eigenvalue weighted by Gasteiger charge is 2.59. The summed E-state index contributed by atoms with van der Waals surface area (Å²) in [5.74, 6) is 2.81. The summed E-state index contributed by atoms with van der Waals surface area (Å²) in [6, 6.07) is 0. The summed E-state index contributed by atoms with van der Waals surface area (Å²) < 4.78 is 5.58. The molecular formula is C23H35NO3. The van der Waals surface area contributed by atoms with Gasteiger partial charge in [-0.15, -0.1) is 0 Å². The molecule has 0 radical (unpaired) electrons. The monoisotopic (exact) mass is 373 g/mol. The van der Waals surface area contributed by atoms with Gasteiger partial charge in [-0.05, 0) is 98.4 Å². The van der Waals surface area contributed by atoms with Crippen LogP contribution in [0, 0.1) is 34.5 Å². The molecule has 7 atom stereocenters. The molecular weight excluding hydrogens is 338 g/mol. The van der Waals surface area contributed by atoms with Gasteiger partial charge in [0.25, 0.3) is 0 Å². The van der Waals surface area contributed by atoms with Crippen LogP contribution >= 0.6 is 0 Å². The summed E-state index contributed by atoms with van der Waals surface area (Å²) in [4.78, 5) is 11.4. The van der Waals surface area contributed by atoms with Crippen molar-refractivity contribution in [2.24, 2.45) is 39.7 Å². The van der Waals surface area contributed by atoms with E-state index in [9.17, 15) is 10.0 Å². The Labute approximate surface area is 163 Å². The van der Waals surface area contributed by atoms with Crippen LogP contribution in [-0.4, -0.2) is 23.0 Å². The van der Waals surface area contributed by atoms with Crippen molar-refractivity contribution in [3.63, 3.8) is 0 Å². The molecule has 4 aliphatic rings. The maximum absolute atomic E-state index is 11.4. The van der Waals surface area contributed by atoms with Crippen LogP contribution in [0.5, 0.6) is 0 Å². The molecule has 27 heavy (non-hydrogen) atoms. The molecule has 0 bridgehead atoms. The van der Waals surface area contributed by atoms with Gasteiger partial charge in [0.15, 0.2) is 0 Å². The van der Waals surface area contributed by atoms with Crippen molar-refractivity contribution in [3.8, 4) is 0 Å². The van der Waals surface area contributed by atoms with Crippen molar-refractivity contribution in [2.75, 3.05) is 0 Å². The van der Waals surface area contributed by atoms with Gasteiger partial charge < -0.3 is 9.94 Å². The van der Waals surface area contributed by atoms with E-state index < -0.39 is 0 Å². The van der Waals surface area contributed by atoms with Crippen LogP contribution in [0.15, 0.2) is 16.8 Å². The number of esters is 1. The van der Waals surface area contributed by atoms with Crippen LogP contribution in [-0.2, 0) is 9.53 Å². The Morgan fingerprint density at radius 3 is 2.63 bits per heavy atom. The normalized spacial score (nSPS) is 46.7. The van der Waals surface area contributed by atoms with E-state index in [2.05, 4.69) is 25.1 Å². The van der Waals surface area contributed by atoms with Crippen LogP contribution < -0.4 is 0 Å². The minimum Gasteiger partial charge on any atom is -0.463 e. The summed E-state index contributed by atoms with van der Waals surface area (Å²) in [5, 5.41) is 12.9. The van der Waals surface area contributed by atoms with Crippen LogP contribution in [0.1, 0.15) is 79.1 Å². The third-order valence-corrected chi connectivity index (χ3v) is 9.07. The first-order valence-electron chi connectivity index (χ1n) is 10.9. The predicted molar refractivity (Wildman–Crippen MR) is 106 cm³/mol. The van der Waals surface area contributed by atoms with E-state index in [-0.39, 0.29) is 17.5 Å². The number of hydrogen-bond acceptors (Lipinski definition) is 4. The number of rotatable bonds is 2. The zero-order valence-corrected chi connectivity index (χ0v) is 17.3. The van der Waals surface area contributed by atoms with Crippen molar-refractivity contribution in [3.05, 3.63) is 11.6 Å². The fourth-order valence-electron chi connectivity index (χ4n) is 7.74. The first kappa shape index (κ1) is 19.0. The molecule has 0 saturated heterocycles. The maximum Gasteiger partial charge on any atom is 0.302 e. The molecule has 150 valence electrons. The Morgan fingerprint density at radius 1 is 1.15 bits per heavy atom. The average Bonchev–Trinajstić information content (AvgIpc) is 2.98. The highest BCUT2D eigenvalue weighted by molar-refractivity contribution is 5.99. The average molecular weight is 374 g/mol. The van der Waals surface area contributed by atoms with Crippen LogP contribution in [0.25, 0.3) is 0 Å². The largest absolute Gasteiger partial charge is 0.463 e. The molecule has 0 aliphatic heterocycles. The molecule has 1 N–H and O–H groups in total. The lowest BCUT2D eigenvalue weighted by atomic mass is 9.44. The van der Waals surface area contributed by atoms with Gasteiger partial charge in [-0.3, -0.25) is 4.79 Å². The van der Waals surface area contributed by atoms with E-state index in [0.29, 0.717) is 17.3 Å². The molecule has 0 heterocycles. The Morgan fingerprint density at radius 2 is 1.93 bits per heavy atom. The van der Waals surface area contributed by atoms with Crippen LogP contribution in [0.2, 0.25) is 0 Å². The van der Waals surface area contributed by atoms with Gasteiger partial charge in [-0.1, -0.05) is 25.1 Å². The van der Waals surface area contributed by atoms with Crippen LogP contribution in [0.4, 0.5) is 0 Å². The minimum atomic E-state index is -0.129. The number of oxime groups is 1. The number of fused-ring (bicyclic) bond motifs is 5. The highest BCUT2D eigenvalue weighted by Crippen LogP contribution is 2.66. The topological polar surface area (TPSA) is 58.9 Å². The van der Waals surface area contributed by atoms with Gasteiger partial charge in [0.1, 0.15) is 6.10 Å². The summed E-state index contributed by atoms with van der Waals surface area (Å²) in [6.07, 6.45) is 11.9. The van der Waals surface area contributed by atoms with Gasteiger partial charge >= 0.3 is 5.97 Å². The van der Waals surface area contributed by atoms with Gasteiger partial charge in [0.2, 0.25) is 0 Å². The molecule has 4 aliphatic carbocycles. The van der Waals surface area contributed by atoms with E-state index in [4.69, 9.17) is 4.74 Å². The molecule has 3 saturated carbocycles. The number of nitrogens with zero attached hydrogens (tertiary/aromatic N) is 1. The maximum atomic E-state index is 11.4. The van der Waals surface area contributed by atoms with Crippen molar-refractivity contribution in [1.29, 1.82) is 0 Å². The molecule has 3 fully saturated rings. The lowest BCUT2D eigenvalue weighted by Gasteiger charge is -2.60. The molecule has 4 heteroatoms. The van der Waals surface area contributed by atoms with Gasteiger partial charge in [0, 0.05) is 6.92 Å². The van der Waals surface area contributed by atoms with Gasteiger partial charge in [-0.25, -0.2) is 0 Å². The van der Waals surface area contributed by atoms with E-state index in [1.165, 1.54) is 44.6 Å². The van der Waals surface area contributed by atoms with E-state index in [1.54, 1.807) is 0 Å². The van der Waals surface area contributed by atoms with Crippen molar-refractivity contribution >= 4 is 11.7 Å². The zero-order valence-electron chi connectivity index (χ0n) is 17.3. The van der Waals surface area contributed by atoms with E-state index in [1.807, 2.05) is 6.92 Å². The van der Waals surface area contributed by atoms with E-state index in [0.717, 1.165) is 36.8 Å². The fraction of sp³-hybridized carbons (Fsp3) is 0.826. The van der Waals surface area contributed by atoms with E-state index >= 15 is 0 Å². The third kappa shape index (κ3) is 2.86. The first-order chi connectivity index (χ1) is 12.8. The molecule has 4 nitrogen and oxygen atoms in total. The Balaban J connectivity index is 1.54. The number of carbonyl (C=O) groups is 1. The minimum absolute atomic E-state index is 0.129. The van der Waals surface area contributed by atoms with Gasteiger partial charge in [-0.2, -0.15) is 0 Å². The second-order valence-corrected chi connectivity index (χ2v) is 10.2. The molecule has 4 rings (SSSR count). The third-order valence-electron chi connectivity index (χ3n) is 9.07. The summed E-state index contributed by atoms with van der Waals surface area (Å²) in [6.45, 7) is 8.42.